The Morgan fingerprint density at radius 3 is 1.44 bits per heavy atom. The second kappa shape index (κ2) is 29.2. The van der Waals surface area contributed by atoms with E-state index in [0.29, 0.717) is 70.9 Å². The molecule has 0 amide bonds. The molecular formula is C74H113NO4S3. The molecule has 9 rings (SSSR count). The van der Waals surface area contributed by atoms with Gasteiger partial charge in [0.05, 0.1) is 7.11 Å². The maximum absolute atomic E-state index is 10.1. The lowest BCUT2D eigenvalue weighted by Gasteiger charge is -2.44. The number of thiol groups is 1. The number of aromatic nitrogens is 1. The van der Waals surface area contributed by atoms with Gasteiger partial charge >= 0.3 is 0 Å². The molecule has 4 aliphatic rings. The number of nitrogens with zero attached hydrogens (tertiary/aromatic N) is 1. The number of hydrogen-bond donors (Lipinski definition) is 3. The molecule has 2 N–H and O–H groups in total. The Hall–Kier alpha value is -3.59. The van der Waals surface area contributed by atoms with Gasteiger partial charge in [-0.1, -0.05) is 151 Å². The van der Waals surface area contributed by atoms with E-state index in [0.717, 1.165) is 63.0 Å². The summed E-state index contributed by atoms with van der Waals surface area (Å²) in [4.78, 5) is 6.39. The van der Waals surface area contributed by atoms with Crippen molar-refractivity contribution < 1.29 is 19.7 Å². The number of phenolic OH excluding ortho intramolecular Hbond substituents is 2. The molecule has 8 atom stereocenters. The van der Waals surface area contributed by atoms with Crippen LogP contribution in [-0.2, 0) is 32.3 Å². The average Bonchev–Trinajstić information content (AvgIpc) is 3.92. The van der Waals surface area contributed by atoms with E-state index >= 15 is 0 Å². The second-order valence-electron chi connectivity index (χ2n) is 29.5. The Kier molecular flexibility index (Phi) is 24.6. The van der Waals surface area contributed by atoms with Gasteiger partial charge < -0.3 is 19.7 Å². The lowest BCUT2D eigenvalue weighted by molar-refractivity contribution is 0.169. The Morgan fingerprint density at radius 1 is 0.561 bits per heavy atom. The second-order valence-corrected chi connectivity index (χ2v) is 31.8. The van der Waals surface area contributed by atoms with E-state index in [1.807, 2.05) is 30.0 Å². The highest BCUT2D eigenvalue weighted by atomic mass is 32.2. The summed E-state index contributed by atoms with van der Waals surface area (Å²) >= 11 is 7.77. The van der Waals surface area contributed by atoms with Gasteiger partial charge in [0.15, 0.2) is 11.5 Å². The van der Waals surface area contributed by atoms with Gasteiger partial charge in [-0.2, -0.15) is 0 Å². The van der Waals surface area contributed by atoms with Crippen LogP contribution in [0.15, 0.2) is 82.0 Å². The number of thiazole rings is 1. The maximum atomic E-state index is 10.1. The van der Waals surface area contributed by atoms with Crippen molar-refractivity contribution in [2.75, 3.05) is 13.4 Å². The number of aromatic hydroxyl groups is 2. The molecule has 0 aliphatic heterocycles. The topological polar surface area (TPSA) is 71.8 Å². The Labute approximate surface area is 515 Å². The third-order valence-electron chi connectivity index (χ3n) is 19.0. The highest BCUT2D eigenvalue weighted by Gasteiger charge is 2.42. The van der Waals surface area contributed by atoms with E-state index in [9.17, 15) is 10.2 Å². The molecule has 0 spiro atoms. The molecule has 8 unspecified atom stereocenters. The molecule has 82 heavy (non-hydrogen) atoms. The first-order chi connectivity index (χ1) is 37.9. The first-order valence-corrected chi connectivity index (χ1v) is 33.7. The maximum Gasteiger partial charge on any atom is 0.160 e. The van der Waals surface area contributed by atoms with Crippen LogP contribution in [0.1, 0.15) is 238 Å². The number of benzene rings is 4. The first-order valence-electron chi connectivity index (χ1n) is 31.1. The van der Waals surface area contributed by atoms with Crippen LogP contribution in [0.25, 0.3) is 0 Å². The van der Waals surface area contributed by atoms with E-state index in [4.69, 9.17) is 9.47 Å². The minimum Gasteiger partial charge on any atom is -0.507 e. The summed E-state index contributed by atoms with van der Waals surface area (Å²) in [5.74, 6) is 11.3. The fourth-order valence-corrected chi connectivity index (χ4v) is 16.6. The Balaban J connectivity index is 0.000000200. The number of thioether (sulfide) groups is 1. The Bertz CT molecular complexity index is 2700. The van der Waals surface area contributed by atoms with E-state index in [1.165, 1.54) is 71.9 Å². The number of methoxy groups -OCH3 is 1. The summed E-state index contributed by atoms with van der Waals surface area (Å²) in [6.07, 6.45) is 13.5. The summed E-state index contributed by atoms with van der Waals surface area (Å²) in [6.45, 7) is 45.3. The largest absolute Gasteiger partial charge is 0.507 e. The lowest BCUT2D eigenvalue weighted by atomic mass is 9.61. The number of fused-ring (bicyclic) bond motifs is 4. The fourth-order valence-electron chi connectivity index (χ4n) is 15.4. The molecule has 0 fully saturated rings. The average molecular weight is 1180 g/mol. The smallest absolute Gasteiger partial charge is 0.160 e. The summed E-state index contributed by atoms with van der Waals surface area (Å²) in [6, 6.07) is 21.7. The zero-order chi connectivity index (χ0) is 60.1. The van der Waals surface area contributed by atoms with Crippen LogP contribution >= 0.6 is 35.7 Å². The molecule has 456 valence electrons. The van der Waals surface area contributed by atoms with Gasteiger partial charge in [0, 0.05) is 21.4 Å². The Morgan fingerprint density at radius 2 is 1.00 bits per heavy atom. The van der Waals surface area contributed by atoms with Crippen LogP contribution in [0.4, 0.5) is 0 Å². The SMILES string of the molecule is C.CC(C)C1CCc2cc(OCc3nccs3)ccc2C1C(C)C.CC(C)C1CCc2cc(S)ccc2C1C(C)(C)C.COc1cc2c(cc1O)CCC(C(C)C)C2C(C)(C)C.CSc1cc2c(cc1O)CCC(C(C)C)C2C(C)(C)C. The van der Waals surface area contributed by atoms with Gasteiger partial charge in [-0.15, -0.1) is 35.7 Å². The predicted octanol–water partition coefficient (Wildman–Crippen LogP) is 21.9. The van der Waals surface area contributed by atoms with Crippen LogP contribution in [-0.4, -0.2) is 28.6 Å². The molecule has 0 saturated carbocycles. The molecule has 0 bridgehead atoms. The summed E-state index contributed by atoms with van der Waals surface area (Å²) < 4.78 is 11.3. The van der Waals surface area contributed by atoms with E-state index in [-0.39, 0.29) is 24.0 Å². The van der Waals surface area contributed by atoms with Gasteiger partial charge in [-0.05, 0) is 244 Å². The molecule has 5 aromatic rings. The standard InChI is InChI=1S/C20H27NOS.C18H28O2.C18H28OS.C17H26S.CH4/c1-13(2)17-7-5-15-11-16(22-12-19-21-9-10-23-19)6-8-18(15)20(17)14(3)4;2*1-11(2)13-8-7-12-9-15(19)16(20-6)10-14(12)17(13)18(3,4)5;1-11(2)14-8-6-12-10-13(18)7-9-15(12)16(14)17(3,4)5;/h6,8-11,13-14,17,20H,5,7,12H2,1-4H3;2*9-11,13,17,19H,7-8H2,1-6H3;7,9-11,14,16,18H,6,8H2,1-5H3;1H4. The highest BCUT2D eigenvalue weighted by Crippen LogP contribution is 2.54. The van der Waals surface area contributed by atoms with Crippen LogP contribution in [0.5, 0.6) is 23.0 Å². The quantitative estimate of drug-likeness (QED) is 0.0956. The van der Waals surface area contributed by atoms with Crippen LogP contribution in [0.2, 0.25) is 0 Å². The van der Waals surface area contributed by atoms with Crippen molar-refractivity contribution >= 4 is 35.7 Å². The zero-order valence-corrected chi connectivity index (χ0v) is 56.7. The van der Waals surface area contributed by atoms with Crippen molar-refractivity contribution in [1.29, 1.82) is 0 Å². The van der Waals surface area contributed by atoms with Crippen molar-refractivity contribution in [3.05, 3.63) is 122 Å². The van der Waals surface area contributed by atoms with Crippen molar-refractivity contribution in [2.24, 2.45) is 69.5 Å². The van der Waals surface area contributed by atoms with Crippen LogP contribution in [0.3, 0.4) is 0 Å². The third-order valence-corrected chi connectivity index (χ3v) is 20.8. The third kappa shape index (κ3) is 16.9. The minimum absolute atomic E-state index is 0. The molecule has 4 aliphatic carbocycles. The van der Waals surface area contributed by atoms with Gasteiger partial charge in [-0.25, -0.2) is 4.98 Å². The minimum atomic E-state index is 0. The first kappa shape index (κ1) is 69.2. The van der Waals surface area contributed by atoms with Crippen LogP contribution < -0.4 is 9.47 Å². The van der Waals surface area contributed by atoms with Gasteiger partial charge in [0.1, 0.15) is 23.1 Å². The number of hydrogen-bond acceptors (Lipinski definition) is 8. The van der Waals surface area contributed by atoms with E-state index < -0.39 is 0 Å². The van der Waals surface area contributed by atoms with Crippen molar-refractivity contribution in [2.45, 2.75) is 230 Å². The fraction of sp³-hybridized carbons (Fsp3) is 0.635. The molecule has 1 aromatic heterocycles. The molecule has 8 heteroatoms. The number of rotatable bonds is 10. The van der Waals surface area contributed by atoms with Gasteiger partial charge in [0.25, 0.3) is 0 Å². The van der Waals surface area contributed by atoms with E-state index in [2.05, 4.69) is 198 Å². The van der Waals surface area contributed by atoms with Gasteiger partial charge in [0.2, 0.25) is 0 Å². The number of ether oxygens (including phenoxy) is 2. The monoisotopic (exact) mass is 1180 g/mol. The van der Waals surface area contributed by atoms with Gasteiger partial charge in [-0.3, -0.25) is 0 Å². The lowest BCUT2D eigenvalue weighted by Crippen LogP contribution is -2.33. The molecular weight excluding hydrogens is 1060 g/mol. The normalized spacial score (nSPS) is 22.3. The van der Waals surface area contributed by atoms with Crippen molar-refractivity contribution in [3.63, 3.8) is 0 Å². The molecule has 5 nitrogen and oxygen atoms in total. The zero-order valence-electron chi connectivity index (χ0n) is 54.2. The molecule has 0 radical (unpaired) electrons. The van der Waals surface area contributed by atoms with E-state index in [1.54, 1.807) is 41.3 Å². The summed E-state index contributed by atoms with van der Waals surface area (Å²) in [7, 11) is 1.62. The molecule has 4 aromatic carbocycles. The van der Waals surface area contributed by atoms with Crippen molar-refractivity contribution in [1.82, 2.24) is 4.98 Å². The highest BCUT2D eigenvalue weighted by molar-refractivity contribution is 7.98. The molecule has 1 heterocycles. The summed E-state index contributed by atoms with van der Waals surface area (Å²) in [5.41, 5.74) is 12.4. The van der Waals surface area contributed by atoms with Crippen molar-refractivity contribution in [3.8, 4) is 23.0 Å². The summed E-state index contributed by atoms with van der Waals surface area (Å²) in [5, 5.41) is 23.1. The van der Waals surface area contributed by atoms with Crippen LogP contribution in [0, 0.1) is 69.5 Å². The molecule has 0 saturated heterocycles. The predicted molar refractivity (Wildman–Crippen MR) is 359 cm³/mol. The number of phenols is 2. The number of aryl methyl sites for hydroxylation is 4.